The van der Waals surface area contributed by atoms with Crippen molar-refractivity contribution in [3.8, 4) is 6.07 Å². The van der Waals surface area contributed by atoms with E-state index in [0.29, 0.717) is 18.5 Å². The average Bonchev–Trinajstić information content (AvgIpc) is 2.67. The molecule has 5 nitrogen and oxygen atoms in total. The molecule has 1 aromatic rings. The van der Waals surface area contributed by atoms with Gasteiger partial charge in [-0.3, -0.25) is 9.59 Å². The number of rotatable bonds is 6. The van der Waals surface area contributed by atoms with Gasteiger partial charge >= 0.3 is 0 Å². The Hall–Kier alpha value is -2.35. The van der Waals surface area contributed by atoms with Crippen molar-refractivity contribution < 1.29 is 9.59 Å². The van der Waals surface area contributed by atoms with Gasteiger partial charge in [0, 0.05) is 18.4 Å². The van der Waals surface area contributed by atoms with Gasteiger partial charge in [0.2, 0.25) is 11.8 Å². The van der Waals surface area contributed by atoms with Gasteiger partial charge in [-0.25, -0.2) is 0 Å². The zero-order valence-corrected chi connectivity index (χ0v) is 16.5. The summed E-state index contributed by atoms with van der Waals surface area (Å²) in [5.74, 6) is 2.35. The first-order valence-corrected chi connectivity index (χ1v) is 10.5. The average molecular weight is 380 g/mol. The van der Waals surface area contributed by atoms with Crippen LogP contribution in [0.15, 0.2) is 24.3 Å². The summed E-state index contributed by atoms with van der Waals surface area (Å²) < 4.78 is 0. The molecule has 0 aliphatic heterocycles. The molecule has 0 radical (unpaired) electrons. The van der Waals surface area contributed by atoms with Crippen molar-refractivity contribution in [3.05, 3.63) is 35.4 Å². The molecule has 0 aromatic heterocycles. The molecule has 2 amide bonds. The highest BCUT2D eigenvalue weighted by Gasteiger charge is 2.54. The SMILES string of the molecule is CC(NC(=O)CCNC(=O)C12CC3CC(CC(C3)C1)C2)c1ccc(C#N)cc1. The molecule has 0 spiro atoms. The zero-order valence-electron chi connectivity index (χ0n) is 16.5. The second kappa shape index (κ2) is 7.58. The van der Waals surface area contributed by atoms with E-state index in [1.807, 2.05) is 19.1 Å². The fourth-order valence-electron chi connectivity index (χ4n) is 6.11. The molecule has 1 atom stereocenters. The number of nitrogens with one attached hydrogen (secondary N) is 2. The normalized spacial score (nSPS) is 31.1. The Morgan fingerprint density at radius 1 is 1.11 bits per heavy atom. The molecule has 5 rings (SSSR count). The summed E-state index contributed by atoms with van der Waals surface area (Å²) >= 11 is 0. The van der Waals surface area contributed by atoms with Gasteiger partial charge in [0.25, 0.3) is 0 Å². The van der Waals surface area contributed by atoms with Crippen LogP contribution in [0.3, 0.4) is 0 Å². The number of amides is 2. The number of hydrogen-bond donors (Lipinski definition) is 2. The van der Waals surface area contributed by atoms with Crippen LogP contribution in [-0.4, -0.2) is 18.4 Å². The lowest BCUT2D eigenvalue weighted by atomic mass is 9.49. The minimum atomic E-state index is -0.152. The van der Waals surface area contributed by atoms with Crippen molar-refractivity contribution in [2.24, 2.45) is 23.2 Å². The summed E-state index contributed by atoms with van der Waals surface area (Å²) in [6.45, 7) is 2.32. The Balaban J connectivity index is 1.24. The van der Waals surface area contributed by atoms with Crippen LogP contribution in [0.25, 0.3) is 0 Å². The number of carbonyl (C=O) groups excluding carboxylic acids is 2. The number of hydrogen-bond acceptors (Lipinski definition) is 3. The number of benzene rings is 1. The molecule has 28 heavy (non-hydrogen) atoms. The van der Waals surface area contributed by atoms with Gasteiger partial charge in [-0.2, -0.15) is 5.26 Å². The maximum Gasteiger partial charge on any atom is 0.226 e. The molecule has 4 aliphatic rings. The van der Waals surface area contributed by atoms with Crippen LogP contribution in [0.1, 0.15) is 69.0 Å². The van der Waals surface area contributed by atoms with E-state index < -0.39 is 0 Å². The molecular weight excluding hydrogens is 350 g/mol. The molecular formula is C23H29N3O2. The lowest BCUT2D eigenvalue weighted by Crippen LogP contribution is -2.53. The van der Waals surface area contributed by atoms with Crippen LogP contribution in [0.5, 0.6) is 0 Å². The van der Waals surface area contributed by atoms with Crippen LogP contribution in [-0.2, 0) is 9.59 Å². The maximum atomic E-state index is 12.9. The smallest absolute Gasteiger partial charge is 0.226 e. The van der Waals surface area contributed by atoms with Gasteiger partial charge in [-0.05, 0) is 80.9 Å². The molecule has 4 fully saturated rings. The fraction of sp³-hybridized carbons (Fsp3) is 0.609. The standard InChI is InChI=1S/C23H29N3O2/c1-15(20-4-2-16(14-24)3-5-20)26-21(27)6-7-25-22(28)23-11-17-8-18(12-23)10-19(9-17)13-23/h2-5,15,17-19H,6-13H2,1H3,(H,25,28)(H,26,27). The molecule has 2 N–H and O–H groups in total. The summed E-state index contributed by atoms with van der Waals surface area (Å²) in [6, 6.07) is 9.19. The maximum absolute atomic E-state index is 12.9. The van der Waals surface area contributed by atoms with E-state index in [-0.39, 0.29) is 23.3 Å². The highest BCUT2D eigenvalue weighted by Crippen LogP contribution is 2.60. The third-order valence-electron chi connectivity index (χ3n) is 7.07. The molecule has 4 bridgehead atoms. The van der Waals surface area contributed by atoms with E-state index in [4.69, 9.17) is 5.26 Å². The molecule has 5 heteroatoms. The lowest BCUT2D eigenvalue weighted by molar-refractivity contribution is -0.146. The van der Waals surface area contributed by atoms with Gasteiger partial charge in [0.15, 0.2) is 0 Å². The summed E-state index contributed by atoms with van der Waals surface area (Å²) in [7, 11) is 0. The first-order chi connectivity index (χ1) is 13.5. The quantitative estimate of drug-likeness (QED) is 0.794. The lowest BCUT2D eigenvalue weighted by Gasteiger charge is -2.55. The van der Waals surface area contributed by atoms with Crippen molar-refractivity contribution in [3.63, 3.8) is 0 Å². The Morgan fingerprint density at radius 3 is 2.21 bits per heavy atom. The minimum absolute atomic E-state index is 0.0670. The summed E-state index contributed by atoms with van der Waals surface area (Å²) in [6.07, 6.45) is 7.40. The van der Waals surface area contributed by atoms with Crippen molar-refractivity contribution in [2.75, 3.05) is 6.54 Å². The van der Waals surface area contributed by atoms with E-state index >= 15 is 0 Å². The highest BCUT2D eigenvalue weighted by atomic mass is 16.2. The van der Waals surface area contributed by atoms with E-state index in [2.05, 4.69) is 16.7 Å². The van der Waals surface area contributed by atoms with E-state index in [0.717, 1.165) is 42.6 Å². The number of nitrogens with zero attached hydrogens (tertiary/aromatic N) is 1. The van der Waals surface area contributed by atoms with E-state index in [9.17, 15) is 9.59 Å². The van der Waals surface area contributed by atoms with E-state index in [1.165, 1.54) is 19.3 Å². The Kier molecular flexibility index (Phi) is 5.14. The Bertz CT molecular complexity index is 758. The minimum Gasteiger partial charge on any atom is -0.355 e. The third-order valence-corrected chi connectivity index (χ3v) is 7.07. The second-order valence-corrected chi connectivity index (χ2v) is 9.23. The Labute approximate surface area is 166 Å². The van der Waals surface area contributed by atoms with Crippen molar-refractivity contribution in [1.29, 1.82) is 5.26 Å². The number of carbonyl (C=O) groups is 2. The van der Waals surface area contributed by atoms with Gasteiger partial charge < -0.3 is 10.6 Å². The summed E-state index contributed by atoms with van der Waals surface area (Å²) in [5.41, 5.74) is 1.42. The molecule has 0 saturated heterocycles. The molecule has 1 aromatic carbocycles. The van der Waals surface area contributed by atoms with E-state index in [1.54, 1.807) is 12.1 Å². The predicted molar refractivity (Wildman–Crippen MR) is 106 cm³/mol. The summed E-state index contributed by atoms with van der Waals surface area (Å²) in [5, 5.41) is 14.9. The van der Waals surface area contributed by atoms with Crippen LogP contribution >= 0.6 is 0 Å². The second-order valence-electron chi connectivity index (χ2n) is 9.23. The Morgan fingerprint density at radius 2 is 1.68 bits per heavy atom. The van der Waals surface area contributed by atoms with Crippen LogP contribution in [0.2, 0.25) is 0 Å². The molecule has 4 aliphatic carbocycles. The molecule has 0 heterocycles. The summed E-state index contributed by atoms with van der Waals surface area (Å²) in [4.78, 5) is 25.2. The van der Waals surface area contributed by atoms with Crippen molar-refractivity contribution in [2.45, 2.75) is 57.9 Å². The molecule has 1 unspecified atom stereocenters. The topological polar surface area (TPSA) is 82.0 Å². The van der Waals surface area contributed by atoms with Crippen LogP contribution in [0, 0.1) is 34.5 Å². The first-order valence-electron chi connectivity index (χ1n) is 10.5. The van der Waals surface area contributed by atoms with Crippen molar-refractivity contribution in [1.82, 2.24) is 10.6 Å². The monoisotopic (exact) mass is 379 g/mol. The molecule has 148 valence electrons. The van der Waals surface area contributed by atoms with Crippen LogP contribution in [0.4, 0.5) is 0 Å². The zero-order chi connectivity index (χ0) is 19.7. The fourth-order valence-corrected chi connectivity index (χ4v) is 6.11. The first kappa shape index (κ1) is 19.0. The van der Waals surface area contributed by atoms with Crippen LogP contribution < -0.4 is 10.6 Å². The third kappa shape index (κ3) is 3.78. The predicted octanol–water partition coefficient (Wildman–Crippen LogP) is 3.46. The molecule has 4 saturated carbocycles. The largest absolute Gasteiger partial charge is 0.355 e. The highest BCUT2D eigenvalue weighted by molar-refractivity contribution is 5.84. The van der Waals surface area contributed by atoms with Gasteiger partial charge in [0.05, 0.1) is 17.7 Å². The number of nitriles is 1. The van der Waals surface area contributed by atoms with Gasteiger partial charge in [-0.1, -0.05) is 12.1 Å². The van der Waals surface area contributed by atoms with Gasteiger partial charge in [-0.15, -0.1) is 0 Å². The van der Waals surface area contributed by atoms with Crippen molar-refractivity contribution >= 4 is 11.8 Å². The van der Waals surface area contributed by atoms with Gasteiger partial charge in [0.1, 0.15) is 0 Å².